The fourth-order valence-corrected chi connectivity index (χ4v) is 1.72. The Labute approximate surface area is 93.6 Å². The van der Waals surface area contributed by atoms with Gasteiger partial charge in [0.1, 0.15) is 0 Å². The molecule has 0 unspecified atom stereocenters. The maximum absolute atomic E-state index is 4.08. The molecule has 84 valence electrons. The van der Waals surface area contributed by atoms with Crippen LogP contribution in [-0.4, -0.2) is 49.6 Å². The largest absolute Gasteiger partial charge is 0.304 e. The van der Waals surface area contributed by atoms with Gasteiger partial charge < -0.3 is 4.90 Å². The van der Waals surface area contributed by atoms with E-state index >= 15 is 0 Å². The summed E-state index contributed by atoms with van der Waals surface area (Å²) in [6, 6.07) is 0. The Balaban J connectivity index is 2.35. The highest BCUT2D eigenvalue weighted by atomic mass is 15.2. The van der Waals surface area contributed by atoms with Crippen LogP contribution in [0, 0.1) is 0 Å². The summed E-state index contributed by atoms with van der Waals surface area (Å²) in [5.74, 6) is 0. The molecule has 0 aromatic carbocycles. The Hall–Kier alpha value is -0.860. The Morgan fingerprint density at radius 3 is 2.40 bits per heavy atom. The highest BCUT2D eigenvalue weighted by molar-refractivity contribution is 5.26. The molecule has 0 amide bonds. The highest BCUT2D eigenvalue weighted by Gasteiger charge is 2.13. The molecule has 0 aliphatic carbocycles. The van der Waals surface area contributed by atoms with E-state index in [1.54, 1.807) is 0 Å². The average Bonchev–Trinajstić information content (AvgIpc) is 2.21. The standard InChI is InChI=1S/C13H22N2/c1-5-12(2)10-13(3)11-15-8-6-14(4)7-9-15/h5,10H,1,3,6-9,11H2,2,4H3/b12-10-. The topological polar surface area (TPSA) is 6.48 Å². The smallest absolute Gasteiger partial charge is 0.0229 e. The fourth-order valence-electron chi connectivity index (χ4n) is 1.72. The fraction of sp³-hybridized carbons (Fsp3) is 0.538. The third-order valence-electron chi connectivity index (χ3n) is 2.78. The van der Waals surface area contributed by atoms with Crippen molar-refractivity contribution in [1.29, 1.82) is 0 Å². The van der Waals surface area contributed by atoms with E-state index in [0.29, 0.717) is 0 Å². The van der Waals surface area contributed by atoms with Crippen molar-refractivity contribution in [1.82, 2.24) is 9.80 Å². The molecule has 1 rings (SSSR count). The van der Waals surface area contributed by atoms with Crippen molar-refractivity contribution < 1.29 is 0 Å². The predicted molar refractivity (Wildman–Crippen MR) is 67.0 cm³/mol. The van der Waals surface area contributed by atoms with Gasteiger partial charge in [0.2, 0.25) is 0 Å². The zero-order valence-electron chi connectivity index (χ0n) is 10.00. The Kier molecular flexibility index (Phi) is 4.79. The van der Waals surface area contributed by atoms with Crippen molar-refractivity contribution >= 4 is 0 Å². The Morgan fingerprint density at radius 2 is 1.87 bits per heavy atom. The van der Waals surface area contributed by atoms with Crippen LogP contribution in [0.4, 0.5) is 0 Å². The Morgan fingerprint density at radius 1 is 1.27 bits per heavy atom. The number of hydrogen-bond acceptors (Lipinski definition) is 2. The van der Waals surface area contributed by atoms with E-state index in [0.717, 1.165) is 32.7 Å². The van der Waals surface area contributed by atoms with Crippen molar-refractivity contribution in [2.75, 3.05) is 39.8 Å². The summed E-state index contributed by atoms with van der Waals surface area (Å²) in [6.45, 7) is 15.5. The lowest BCUT2D eigenvalue weighted by Crippen LogP contribution is -2.44. The van der Waals surface area contributed by atoms with Crippen molar-refractivity contribution in [2.45, 2.75) is 6.92 Å². The zero-order valence-corrected chi connectivity index (χ0v) is 10.00. The highest BCUT2D eigenvalue weighted by Crippen LogP contribution is 2.06. The molecular formula is C13H22N2. The Bertz CT molecular complexity index is 258. The second-order valence-electron chi connectivity index (χ2n) is 4.33. The molecule has 0 N–H and O–H groups in total. The van der Waals surface area contributed by atoms with Gasteiger partial charge in [0.05, 0.1) is 0 Å². The summed E-state index contributed by atoms with van der Waals surface area (Å²) in [5.41, 5.74) is 2.37. The van der Waals surface area contributed by atoms with Crippen molar-refractivity contribution in [3.8, 4) is 0 Å². The van der Waals surface area contributed by atoms with E-state index in [9.17, 15) is 0 Å². The second-order valence-corrected chi connectivity index (χ2v) is 4.33. The van der Waals surface area contributed by atoms with Crippen LogP contribution in [0.15, 0.2) is 36.5 Å². The number of nitrogens with zero attached hydrogens (tertiary/aromatic N) is 2. The first kappa shape index (κ1) is 12.2. The molecule has 1 aliphatic rings. The van der Waals surface area contributed by atoms with E-state index in [1.807, 2.05) is 6.08 Å². The monoisotopic (exact) mass is 206 g/mol. The van der Waals surface area contributed by atoms with Crippen molar-refractivity contribution in [2.24, 2.45) is 0 Å². The third-order valence-corrected chi connectivity index (χ3v) is 2.78. The minimum atomic E-state index is 0.985. The minimum Gasteiger partial charge on any atom is -0.304 e. The number of likely N-dealkylation sites (N-methyl/N-ethyl adjacent to an activating group) is 1. The van der Waals surface area contributed by atoms with E-state index in [-0.39, 0.29) is 0 Å². The lowest BCUT2D eigenvalue weighted by Gasteiger charge is -2.32. The molecule has 0 aromatic heterocycles. The van der Waals surface area contributed by atoms with Crippen LogP contribution < -0.4 is 0 Å². The maximum Gasteiger partial charge on any atom is 0.0229 e. The molecule has 1 fully saturated rings. The van der Waals surface area contributed by atoms with Gasteiger partial charge in [0, 0.05) is 32.7 Å². The molecule has 0 saturated carbocycles. The van der Waals surface area contributed by atoms with Gasteiger partial charge in [0.15, 0.2) is 0 Å². The molecular weight excluding hydrogens is 184 g/mol. The van der Waals surface area contributed by atoms with E-state index in [4.69, 9.17) is 0 Å². The maximum atomic E-state index is 4.08. The van der Waals surface area contributed by atoms with Gasteiger partial charge in [-0.3, -0.25) is 4.90 Å². The van der Waals surface area contributed by atoms with Gasteiger partial charge >= 0.3 is 0 Å². The van der Waals surface area contributed by atoms with Gasteiger partial charge in [-0.2, -0.15) is 0 Å². The second kappa shape index (κ2) is 5.89. The van der Waals surface area contributed by atoms with Crippen molar-refractivity contribution in [3.05, 3.63) is 36.5 Å². The normalized spacial score (nSPS) is 20.3. The molecule has 1 saturated heterocycles. The summed E-state index contributed by atoms with van der Waals surface area (Å²) in [7, 11) is 2.17. The predicted octanol–water partition coefficient (Wildman–Crippen LogP) is 1.92. The number of piperazine rings is 1. The molecule has 0 aromatic rings. The van der Waals surface area contributed by atoms with E-state index < -0.39 is 0 Å². The molecule has 0 spiro atoms. The van der Waals surface area contributed by atoms with Crippen LogP contribution in [0.5, 0.6) is 0 Å². The van der Waals surface area contributed by atoms with Gasteiger partial charge in [-0.1, -0.05) is 30.9 Å². The lowest BCUT2D eigenvalue weighted by molar-refractivity contribution is 0.165. The number of allylic oxidation sites excluding steroid dienone is 2. The van der Waals surface area contributed by atoms with Gasteiger partial charge in [0.25, 0.3) is 0 Å². The molecule has 2 nitrogen and oxygen atoms in total. The lowest BCUT2D eigenvalue weighted by atomic mass is 10.1. The first-order valence-electron chi connectivity index (χ1n) is 5.51. The summed E-state index contributed by atoms with van der Waals surface area (Å²) in [5, 5.41) is 0. The quantitative estimate of drug-likeness (QED) is 0.648. The van der Waals surface area contributed by atoms with E-state index in [2.05, 4.69) is 43.0 Å². The molecule has 1 aliphatic heterocycles. The average molecular weight is 206 g/mol. The summed E-state index contributed by atoms with van der Waals surface area (Å²) in [4.78, 5) is 4.82. The first-order chi connectivity index (χ1) is 7.11. The van der Waals surface area contributed by atoms with E-state index in [1.165, 1.54) is 11.1 Å². The first-order valence-corrected chi connectivity index (χ1v) is 5.51. The van der Waals surface area contributed by atoms with Gasteiger partial charge in [-0.15, -0.1) is 0 Å². The molecule has 15 heavy (non-hydrogen) atoms. The summed E-state index contributed by atoms with van der Waals surface area (Å²) < 4.78 is 0. The number of hydrogen-bond donors (Lipinski definition) is 0. The van der Waals surface area contributed by atoms with Crippen LogP contribution in [0.1, 0.15) is 6.92 Å². The molecule has 0 bridgehead atoms. The summed E-state index contributed by atoms with van der Waals surface area (Å²) >= 11 is 0. The molecule has 0 atom stereocenters. The van der Waals surface area contributed by atoms with Crippen LogP contribution >= 0.6 is 0 Å². The molecule has 2 heteroatoms. The van der Waals surface area contributed by atoms with Crippen LogP contribution in [0.3, 0.4) is 0 Å². The third kappa shape index (κ3) is 4.45. The zero-order chi connectivity index (χ0) is 11.3. The molecule has 0 radical (unpaired) electrons. The van der Waals surface area contributed by atoms with Gasteiger partial charge in [-0.25, -0.2) is 0 Å². The minimum absolute atomic E-state index is 0.985. The van der Waals surface area contributed by atoms with Crippen LogP contribution in [-0.2, 0) is 0 Å². The van der Waals surface area contributed by atoms with Crippen molar-refractivity contribution in [3.63, 3.8) is 0 Å². The molecule has 1 heterocycles. The SMILES string of the molecule is C=C/C(C)=C\C(=C)CN1CCN(C)CC1. The van der Waals surface area contributed by atoms with Crippen LogP contribution in [0.25, 0.3) is 0 Å². The number of rotatable bonds is 4. The van der Waals surface area contributed by atoms with Gasteiger partial charge in [-0.05, 0) is 19.5 Å². The van der Waals surface area contributed by atoms with Crippen LogP contribution in [0.2, 0.25) is 0 Å². The summed E-state index contributed by atoms with van der Waals surface area (Å²) in [6.07, 6.45) is 3.99.